The fourth-order valence-electron chi connectivity index (χ4n) is 3.29. The van der Waals surface area contributed by atoms with Crippen molar-refractivity contribution in [1.82, 2.24) is 15.2 Å². The van der Waals surface area contributed by atoms with Crippen molar-refractivity contribution in [2.24, 2.45) is 5.41 Å². The number of carbonyl (C=O) groups is 1. The molecule has 2 atom stereocenters. The lowest BCUT2D eigenvalue weighted by molar-refractivity contribution is -0.199. The third kappa shape index (κ3) is 4.11. The minimum absolute atomic E-state index is 0.111. The third-order valence-corrected chi connectivity index (χ3v) is 5.50. The van der Waals surface area contributed by atoms with Crippen molar-refractivity contribution in [3.8, 4) is 0 Å². The lowest BCUT2D eigenvalue weighted by Crippen LogP contribution is -2.56. The molecule has 1 unspecified atom stereocenters. The van der Waals surface area contributed by atoms with Crippen LogP contribution < -0.4 is 10.2 Å². The van der Waals surface area contributed by atoms with Gasteiger partial charge in [-0.2, -0.15) is 13.2 Å². The molecule has 9 heteroatoms. The molecule has 1 aliphatic heterocycles. The predicted molar refractivity (Wildman–Crippen MR) is 102 cm³/mol. The second kappa shape index (κ2) is 7.66. The summed E-state index contributed by atoms with van der Waals surface area (Å²) in [5.74, 6) is 0.681. The number of hydrogen-bond donors (Lipinski definition) is 1. The number of aromatic nitrogens is 1. The number of carbonyl (C=O) groups excluding carboxylic acids is 1. The normalized spacial score (nSPS) is 25.5. The topological polar surface area (TPSA) is 48.5 Å². The Morgan fingerprint density at radius 3 is 2.71 bits per heavy atom. The van der Waals surface area contributed by atoms with E-state index in [0.29, 0.717) is 36.2 Å². The van der Waals surface area contributed by atoms with Crippen LogP contribution in [0.15, 0.2) is 42.3 Å². The Bertz CT molecular complexity index is 811. The van der Waals surface area contributed by atoms with Crippen molar-refractivity contribution in [3.05, 3.63) is 47.3 Å². The number of rotatable bonds is 2. The quantitative estimate of drug-likeness (QED) is 0.781. The molecule has 5 nitrogen and oxygen atoms in total. The van der Waals surface area contributed by atoms with Gasteiger partial charge in [0.05, 0.1) is 10.4 Å². The van der Waals surface area contributed by atoms with Gasteiger partial charge in [0.15, 0.2) is 0 Å². The van der Waals surface area contributed by atoms with Crippen LogP contribution in [0.3, 0.4) is 0 Å². The molecule has 0 radical (unpaired) electrons. The number of nitrogens with one attached hydrogen (secondary N) is 1. The number of halogens is 4. The Kier molecular flexibility index (Phi) is 5.61. The zero-order valence-corrected chi connectivity index (χ0v) is 16.4. The summed E-state index contributed by atoms with van der Waals surface area (Å²) < 4.78 is 39.2. The van der Waals surface area contributed by atoms with Crippen molar-refractivity contribution in [1.29, 1.82) is 0 Å². The van der Waals surface area contributed by atoms with Gasteiger partial charge in [0, 0.05) is 37.6 Å². The van der Waals surface area contributed by atoms with Gasteiger partial charge in [-0.3, -0.25) is 0 Å². The molecule has 1 fully saturated rings. The number of nitrogens with zero attached hydrogens (tertiary/aromatic N) is 3. The van der Waals surface area contributed by atoms with Gasteiger partial charge < -0.3 is 15.1 Å². The van der Waals surface area contributed by atoms with Crippen molar-refractivity contribution in [2.75, 3.05) is 24.5 Å². The molecule has 2 aliphatic rings. The molecule has 1 aliphatic carbocycles. The molecule has 28 heavy (non-hydrogen) atoms. The molecule has 1 aromatic heterocycles. The summed E-state index contributed by atoms with van der Waals surface area (Å²) in [4.78, 5) is 20.6. The summed E-state index contributed by atoms with van der Waals surface area (Å²) in [7, 11) is 0. The average Bonchev–Trinajstić information content (AvgIpc) is 2.63. The van der Waals surface area contributed by atoms with Crippen LogP contribution in [0.1, 0.15) is 20.3 Å². The van der Waals surface area contributed by atoms with Crippen LogP contribution >= 0.6 is 11.6 Å². The van der Waals surface area contributed by atoms with Gasteiger partial charge in [-0.1, -0.05) is 23.8 Å². The summed E-state index contributed by atoms with van der Waals surface area (Å²) in [6.07, 6.45) is 0.981. The van der Waals surface area contributed by atoms with Crippen LogP contribution in [0.5, 0.6) is 0 Å². The van der Waals surface area contributed by atoms with E-state index >= 15 is 0 Å². The lowest BCUT2D eigenvalue weighted by Gasteiger charge is -2.40. The monoisotopic (exact) mass is 414 g/mol. The third-order valence-electron chi connectivity index (χ3n) is 5.20. The van der Waals surface area contributed by atoms with Crippen LogP contribution in [0.2, 0.25) is 5.02 Å². The van der Waals surface area contributed by atoms with Crippen LogP contribution in [0, 0.1) is 5.41 Å². The minimum Gasteiger partial charge on any atom is -0.352 e. The van der Waals surface area contributed by atoms with Gasteiger partial charge in [-0.25, -0.2) is 9.78 Å². The molecule has 2 heterocycles. The van der Waals surface area contributed by atoms with Crippen LogP contribution in [-0.2, 0) is 0 Å². The highest BCUT2D eigenvalue weighted by molar-refractivity contribution is 6.32. The van der Waals surface area contributed by atoms with E-state index in [9.17, 15) is 18.0 Å². The summed E-state index contributed by atoms with van der Waals surface area (Å²) in [6.45, 7) is 4.63. The maximum atomic E-state index is 13.1. The van der Waals surface area contributed by atoms with Crippen molar-refractivity contribution in [3.63, 3.8) is 0 Å². The Morgan fingerprint density at radius 1 is 1.39 bits per heavy atom. The number of piperazine rings is 1. The van der Waals surface area contributed by atoms with Gasteiger partial charge in [0.2, 0.25) is 0 Å². The first-order valence-corrected chi connectivity index (χ1v) is 9.38. The van der Waals surface area contributed by atoms with E-state index < -0.39 is 11.6 Å². The maximum Gasteiger partial charge on any atom is 0.397 e. The molecule has 0 bridgehead atoms. The number of allylic oxidation sites excluding steroid dienone is 3. The van der Waals surface area contributed by atoms with E-state index in [1.54, 1.807) is 23.2 Å². The van der Waals surface area contributed by atoms with E-state index in [2.05, 4.69) is 10.3 Å². The smallest absolute Gasteiger partial charge is 0.352 e. The Hall–Kier alpha value is -2.22. The summed E-state index contributed by atoms with van der Waals surface area (Å²) in [5, 5.41) is 3.26. The van der Waals surface area contributed by atoms with E-state index in [1.807, 2.05) is 11.8 Å². The van der Waals surface area contributed by atoms with Gasteiger partial charge in [-0.05, 0) is 38.5 Å². The molecule has 0 saturated carbocycles. The number of anilines is 1. The van der Waals surface area contributed by atoms with E-state index in [0.717, 1.165) is 13.0 Å². The molecule has 152 valence electrons. The SMILES string of the molecule is C[C@@H]1CN(c2ncccc2Cl)CCN1C(=O)NC1=CCC(C)(C(F)(F)F)C=C1. The standard InChI is InChI=1S/C19H22ClF3N4O/c1-13-12-26(16-15(20)4-3-9-24-16)10-11-27(13)17(28)25-14-5-7-18(2,8-6-14)19(21,22)23/h3-7,9,13H,8,10-12H2,1-2H3,(H,25,28)/t13-,18?/m1/s1. The first-order valence-electron chi connectivity index (χ1n) is 9.00. The number of pyridine rings is 1. The zero-order chi connectivity index (χ0) is 20.5. The molecule has 0 spiro atoms. The molecule has 1 N–H and O–H groups in total. The zero-order valence-electron chi connectivity index (χ0n) is 15.6. The fraction of sp³-hybridized carbons (Fsp3) is 0.474. The summed E-state index contributed by atoms with van der Waals surface area (Å²) in [6, 6.07) is 3.09. The van der Waals surface area contributed by atoms with E-state index in [-0.39, 0.29) is 18.5 Å². The average molecular weight is 415 g/mol. The molecule has 3 rings (SSSR count). The molecule has 1 saturated heterocycles. The largest absolute Gasteiger partial charge is 0.397 e. The molecule has 0 aromatic carbocycles. The van der Waals surface area contributed by atoms with Crippen LogP contribution in [-0.4, -0.2) is 47.8 Å². The summed E-state index contributed by atoms with van der Waals surface area (Å²) >= 11 is 6.20. The molecular formula is C19H22ClF3N4O. The van der Waals surface area contributed by atoms with Gasteiger partial charge in [0.25, 0.3) is 0 Å². The Balaban J connectivity index is 1.60. The highest BCUT2D eigenvalue weighted by atomic mass is 35.5. The number of alkyl halides is 3. The first kappa shape index (κ1) is 20.5. The number of urea groups is 1. The Morgan fingerprint density at radius 2 is 2.14 bits per heavy atom. The molecule has 2 amide bonds. The van der Waals surface area contributed by atoms with E-state index in [1.165, 1.54) is 12.2 Å². The van der Waals surface area contributed by atoms with Gasteiger partial charge >= 0.3 is 12.2 Å². The maximum absolute atomic E-state index is 13.1. The van der Waals surface area contributed by atoms with Gasteiger partial charge in [0.1, 0.15) is 5.82 Å². The minimum atomic E-state index is -4.33. The van der Waals surface area contributed by atoms with E-state index in [4.69, 9.17) is 11.6 Å². The second-order valence-electron chi connectivity index (χ2n) is 7.34. The van der Waals surface area contributed by atoms with Crippen LogP contribution in [0.25, 0.3) is 0 Å². The molecular weight excluding hydrogens is 393 g/mol. The van der Waals surface area contributed by atoms with Crippen LogP contribution in [0.4, 0.5) is 23.8 Å². The van der Waals surface area contributed by atoms with Crippen molar-refractivity contribution in [2.45, 2.75) is 32.5 Å². The first-order chi connectivity index (χ1) is 13.1. The number of hydrogen-bond acceptors (Lipinski definition) is 3. The molecule has 1 aromatic rings. The van der Waals surface area contributed by atoms with Crippen molar-refractivity contribution >= 4 is 23.4 Å². The number of amides is 2. The Labute approximate surface area is 166 Å². The highest BCUT2D eigenvalue weighted by Gasteiger charge is 2.49. The lowest BCUT2D eigenvalue weighted by atomic mass is 9.82. The highest BCUT2D eigenvalue weighted by Crippen LogP contribution is 2.44. The van der Waals surface area contributed by atoms with Crippen molar-refractivity contribution < 1.29 is 18.0 Å². The summed E-state index contributed by atoms with van der Waals surface area (Å²) in [5.41, 5.74) is -1.52. The fourth-order valence-corrected chi connectivity index (χ4v) is 3.53. The van der Waals surface area contributed by atoms with Gasteiger partial charge in [-0.15, -0.1) is 0 Å². The second-order valence-corrected chi connectivity index (χ2v) is 7.75. The predicted octanol–water partition coefficient (Wildman–Crippen LogP) is 4.37.